The number of anilines is 2. The van der Waals surface area contributed by atoms with Crippen LogP contribution in [0.4, 0.5) is 11.4 Å². The van der Waals surface area contributed by atoms with Crippen LogP contribution in [0.2, 0.25) is 5.02 Å². The normalized spacial score (nSPS) is 14.4. The van der Waals surface area contributed by atoms with Crippen LogP contribution < -0.4 is 10.2 Å². The number of piperazine rings is 1. The van der Waals surface area contributed by atoms with Crippen LogP contribution in [0.5, 0.6) is 0 Å². The molecule has 0 bridgehead atoms. The summed E-state index contributed by atoms with van der Waals surface area (Å²) in [6, 6.07) is 13.7. The molecule has 0 unspecified atom stereocenters. The molecule has 30 heavy (non-hydrogen) atoms. The number of hydrogen-bond acceptors (Lipinski definition) is 3. The average molecular weight is 426 g/mol. The van der Waals surface area contributed by atoms with Crippen molar-refractivity contribution < 1.29 is 9.59 Å². The first kappa shape index (κ1) is 21.9. The van der Waals surface area contributed by atoms with Gasteiger partial charge in [0.2, 0.25) is 11.8 Å². The smallest absolute Gasteiger partial charge is 0.248 e. The molecule has 0 spiro atoms. The van der Waals surface area contributed by atoms with E-state index in [1.54, 1.807) is 19.1 Å². The third-order valence-electron chi connectivity index (χ3n) is 5.31. The summed E-state index contributed by atoms with van der Waals surface area (Å²) in [6.07, 6.45) is 3.32. The van der Waals surface area contributed by atoms with Gasteiger partial charge in [0.25, 0.3) is 0 Å². The van der Waals surface area contributed by atoms with E-state index in [1.165, 1.54) is 11.6 Å². The predicted octanol–water partition coefficient (Wildman–Crippen LogP) is 4.78. The number of carbonyl (C=O) groups excluding carboxylic acids is 2. The molecule has 0 saturated carbocycles. The van der Waals surface area contributed by atoms with E-state index in [0.717, 1.165) is 24.3 Å². The number of hydrogen-bond donors (Lipinski definition) is 1. The largest absolute Gasteiger partial charge is 0.367 e. The number of amides is 2. The molecule has 1 heterocycles. The Balaban J connectivity index is 1.58. The van der Waals surface area contributed by atoms with Crippen molar-refractivity contribution in [1.82, 2.24) is 4.90 Å². The van der Waals surface area contributed by atoms with Gasteiger partial charge in [0, 0.05) is 44.9 Å². The second-order valence-corrected chi connectivity index (χ2v) is 8.21. The van der Waals surface area contributed by atoms with Gasteiger partial charge in [-0.05, 0) is 41.3 Å². The van der Waals surface area contributed by atoms with Gasteiger partial charge in [-0.25, -0.2) is 0 Å². The van der Waals surface area contributed by atoms with E-state index in [9.17, 15) is 9.59 Å². The second-order valence-electron chi connectivity index (χ2n) is 7.80. The number of halogens is 1. The fraction of sp³-hybridized carbons (Fsp3) is 0.333. The molecule has 2 aromatic carbocycles. The molecule has 0 aliphatic carbocycles. The number of benzene rings is 2. The highest BCUT2D eigenvalue weighted by Gasteiger charge is 2.20. The number of rotatable bonds is 5. The minimum Gasteiger partial charge on any atom is -0.367 e. The van der Waals surface area contributed by atoms with E-state index in [2.05, 4.69) is 36.2 Å². The highest BCUT2D eigenvalue weighted by molar-refractivity contribution is 6.33. The van der Waals surface area contributed by atoms with Crippen LogP contribution >= 0.6 is 11.6 Å². The lowest BCUT2D eigenvalue weighted by atomic mass is 10.0. The minimum atomic E-state index is -0.207. The predicted molar refractivity (Wildman–Crippen MR) is 124 cm³/mol. The summed E-state index contributed by atoms with van der Waals surface area (Å²) >= 11 is 6.47. The van der Waals surface area contributed by atoms with Crippen molar-refractivity contribution in [2.75, 3.05) is 36.4 Å². The van der Waals surface area contributed by atoms with Crippen molar-refractivity contribution in [3.63, 3.8) is 0 Å². The first-order valence-corrected chi connectivity index (χ1v) is 10.6. The Labute approximate surface area is 183 Å². The summed E-state index contributed by atoms with van der Waals surface area (Å²) < 4.78 is 0. The third kappa shape index (κ3) is 5.63. The monoisotopic (exact) mass is 425 g/mol. The Bertz CT molecular complexity index is 930. The lowest BCUT2D eigenvalue weighted by Crippen LogP contribution is -2.48. The van der Waals surface area contributed by atoms with Crippen LogP contribution in [-0.2, 0) is 9.59 Å². The Morgan fingerprint density at radius 1 is 1.03 bits per heavy atom. The van der Waals surface area contributed by atoms with Gasteiger partial charge in [-0.3, -0.25) is 9.59 Å². The second kappa shape index (κ2) is 9.81. The van der Waals surface area contributed by atoms with Gasteiger partial charge in [-0.1, -0.05) is 49.7 Å². The van der Waals surface area contributed by atoms with Crippen molar-refractivity contribution in [2.24, 2.45) is 0 Å². The maximum Gasteiger partial charge on any atom is 0.248 e. The van der Waals surface area contributed by atoms with Gasteiger partial charge in [-0.15, -0.1) is 0 Å². The molecule has 1 fully saturated rings. The number of nitrogens with zero attached hydrogens (tertiary/aromatic N) is 2. The van der Waals surface area contributed by atoms with Gasteiger partial charge in [0.1, 0.15) is 0 Å². The summed E-state index contributed by atoms with van der Waals surface area (Å²) in [5.41, 5.74) is 3.82. The first-order valence-electron chi connectivity index (χ1n) is 10.2. The molecule has 0 aromatic heterocycles. The number of nitrogens with one attached hydrogen (secondary N) is 1. The topological polar surface area (TPSA) is 52.7 Å². The summed E-state index contributed by atoms with van der Waals surface area (Å²) in [5.74, 6) is 0.376. The van der Waals surface area contributed by atoms with Crippen LogP contribution in [0.3, 0.4) is 0 Å². The lowest BCUT2D eigenvalue weighted by Gasteiger charge is -2.36. The molecule has 3 rings (SSSR count). The fourth-order valence-electron chi connectivity index (χ4n) is 3.45. The lowest BCUT2D eigenvalue weighted by molar-refractivity contribution is -0.129. The average Bonchev–Trinajstić information content (AvgIpc) is 2.73. The van der Waals surface area contributed by atoms with Crippen LogP contribution in [0, 0.1) is 0 Å². The Morgan fingerprint density at radius 2 is 1.70 bits per heavy atom. The summed E-state index contributed by atoms with van der Waals surface area (Å²) in [6.45, 7) is 8.75. The van der Waals surface area contributed by atoms with Crippen molar-refractivity contribution in [2.45, 2.75) is 26.7 Å². The van der Waals surface area contributed by atoms with Gasteiger partial charge < -0.3 is 15.1 Å². The third-order valence-corrected chi connectivity index (χ3v) is 5.61. The van der Waals surface area contributed by atoms with Crippen LogP contribution in [-0.4, -0.2) is 42.9 Å². The zero-order chi connectivity index (χ0) is 21.7. The molecular weight excluding hydrogens is 398 g/mol. The van der Waals surface area contributed by atoms with Crippen molar-refractivity contribution in [1.29, 1.82) is 0 Å². The molecule has 2 amide bonds. The van der Waals surface area contributed by atoms with Gasteiger partial charge in [0.05, 0.1) is 10.7 Å². The van der Waals surface area contributed by atoms with Crippen molar-refractivity contribution in [3.8, 4) is 0 Å². The number of carbonyl (C=O) groups is 2. The molecule has 1 aliphatic rings. The molecule has 2 aromatic rings. The summed E-state index contributed by atoms with van der Waals surface area (Å²) in [4.78, 5) is 27.7. The van der Waals surface area contributed by atoms with Crippen LogP contribution in [0.1, 0.15) is 37.8 Å². The molecule has 0 atom stereocenters. The van der Waals surface area contributed by atoms with E-state index < -0.39 is 0 Å². The molecular formula is C24H28ClN3O2. The fourth-order valence-corrected chi connectivity index (χ4v) is 3.75. The molecule has 158 valence electrons. The molecule has 1 aliphatic heterocycles. The van der Waals surface area contributed by atoms with Crippen LogP contribution in [0.15, 0.2) is 48.5 Å². The zero-order valence-electron chi connectivity index (χ0n) is 17.7. The van der Waals surface area contributed by atoms with E-state index >= 15 is 0 Å². The van der Waals surface area contributed by atoms with E-state index in [0.29, 0.717) is 29.7 Å². The quantitative estimate of drug-likeness (QED) is 0.701. The summed E-state index contributed by atoms with van der Waals surface area (Å²) in [7, 11) is 0. The standard InChI is InChI=1S/C24H28ClN3O2/c1-17(2)20-7-4-19(5-8-20)6-11-24(30)26-21-9-10-23(22(25)16-21)28-14-12-27(13-15-28)18(3)29/h4-11,16-17H,12-15H2,1-3H3,(H,26,30)/b11-6+. The molecule has 6 heteroatoms. The van der Waals surface area contributed by atoms with Gasteiger partial charge in [0.15, 0.2) is 0 Å². The molecule has 1 saturated heterocycles. The summed E-state index contributed by atoms with van der Waals surface area (Å²) in [5, 5.41) is 3.43. The van der Waals surface area contributed by atoms with Crippen molar-refractivity contribution in [3.05, 3.63) is 64.7 Å². The zero-order valence-corrected chi connectivity index (χ0v) is 18.4. The van der Waals surface area contributed by atoms with Crippen molar-refractivity contribution >= 4 is 40.9 Å². The first-order chi connectivity index (χ1) is 14.3. The van der Waals surface area contributed by atoms with Crippen LogP contribution in [0.25, 0.3) is 6.08 Å². The highest BCUT2D eigenvalue weighted by Crippen LogP contribution is 2.29. The van der Waals surface area contributed by atoms with E-state index in [-0.39, 0.29) is 11.8 Å². The Morgan fingerprint density at radius 3 is 2.27 bits per heavy atom. The molecule has 1 N–H and O–H groups in total. The highest BCUT2D eigenvalue weighted by atomic mass is 35.5. The van der Waals surface area contributed by atoms with E-state index in [4.69, 9.17) is 11.6 Å². The Hall–Kier alpha value is -2.79. The molecule has 5 nitrogen and oxygen atoms in total. The van der Waals surface area contributed by atoms with Gasteiger partial charge >= 0.3 is 0 Å². The molecule has 0 radical (unpaired) electrons. The van der Waals surface area contributed by atoms with E-state index in [1.807, 2.05) is 29.2 Å². The van der Waals surface area contributed by atoms with Gasteiger partial charge in [-0.2, -0.15) is 0 Å². The maximum atomic E-state index is 12.3. The Kier molecular flexibility index (Phi) is 7.16. The minimum absolute atomic E-state index is 0.0997. The maximum absolute atomic E-state index is 12.3. The SMILES string of the molecule is CC(=O)N1CCN(c2ccc(NC(=O)/C=C/c3ccc(C(C)C)cc3)cc2Cl)CC1.